The van der Waals surface area contributed by atoms with Crippen molar-refractivity contribution >= 4 is 27.1 Å². The summed E-state index contributed by atoms with van der Waals surface area (Å²) in [6, 6.07) is 18.4. The fourth-order valence-electron chi connectivity index (χ4n) is 2.92. The molecule has 1 heterocycles. The predicted octanol–water partition coefficient (Wildman–Crippen LogP) is 3.15. The van der Waals surface area contributed by atoms with Gasteiger partial charge in [0.05, 0.1) is 23.0 Å². The third-order valence-electron chi connectivity index (χ3n) is 4.51. The SMILES string of the molecule is Cc1ccc(CNS(N)(=O)=O)cc1.O=C(O)c1cccc2c1cnn2-c1ccc(F)cc1. The third kappa shape index (κ3) is 5.97. The Kier molecular flexibility index (Phi) is 6.98. The number of carboxylic acids is 1. The van der Waals surface area contributed by atoms with Crippen molar-refractivity contribution in [3.63, 3.8) is 0 Å². The van der Waals surface area contributed by atoms with Crippen molar-refractivity contribution in [1.29, 1.82) is 0 Å². The van der Waals surface area contributed by atoms with Crippen LogP contribution in [0, 0.1) is 12.7 Å². The van der Waals surface area contributed by atoms with Crippen LogP contribution >= 0.6 is 0 Å². The molecule has 4 rings (SSSR count). The van der Waals surface area contributed by atoms with Crippen molar-refractivity contribution in [2.24, 2.45) is 5.14 Å². The van der Waals surface area contributed by atoms with Gasteiger partial charge in [-0.1, -0.05) is 35.9 Å². The largest absolute Gasteiger partial charge is 0.478 e. The first-order valence-corrected chi connectivity index (χ1v) is 11.0. The van der Waals surface area contributed by atoms with Crippen LogP contribution in [0.4, 0.5) is 4.39 Å². The smallest absolute Gasteiger partial charge is 0.336 e. The molecular formula is C22H21FN4O4S. The molecule has 0 bridgehead atoms. The summed E-state index contributed by atoms with van der Waals surface area (Å²) < 4.78 is 37.8. The minimum Gasteiger partial charge on any atom is -0.478 e. The van der Waals surface area contributed by atoms with E-state index >= 15 is 0 Å². The van der Waals surface area contributed by atoms with Crippen LogP contribution in [-0.4, -0.2) is 29.3 Å². The number of halogens is 1. The number of rotatable bonds is 5. The second-order valence-electron chi connectivity index (χ2n) is 6.93. The van der Waals surface area contributed by atoms with Gasteiger partial charge < -0.3 is 5.11 Å². The second-order valence-corrected chi connectivity index (χ2v) is 8.31. The number of carbonyl (C=O) groups is 1. The lowest BCUT2D eigenvalue weighted by Gasteiger charge is -2.03. The molecule has 4 aromatic rings. The third-order valence-corrected chi connectivity index (χ3v) is 5.06. The summed E-state index contributed by atoms with van der Waals surface area (Å²) in [5, 5.41) is 18.6. The van der Waals surface area contributed by atoms with Gasteiger partial charge in [0.1, 0.15) is 5.82 Å². The molecule has 0 aliphatic carbocycles. The molecule has 3 aromatic carbocycles. The fraction of sp³-hybridized carbons (Fsp3) is 0.0909. The minimum atomic E-state index is -3.58. The van der Waals surface area contributed by atoms with Crippen LogP contribution in [0.15, 0.2) is 72.9 Å². The molecule has 0 fully saturated rings. The molecular weight excluding hydrogens is 435 g/mol. The topological polar surface area (TPSA) is 127 Å². The second kappa shape index (κ2) is 9.69. The molecule has 1 aromatic heterocycles. The molecule has 4 N–H and O–H groups in total. The number of nitrogens with two attached hydrogens (primary N) is 1. The van der Waals surface area contributed by atoms with E-state index in [1.807, 2.05) is 31.2 Å². The van der Waals surface area contributed by atoms with Crippen LogP contribution in [0.25, 0.3) is 16.6 Å². The molecule has 0 radical (unpaired) electrons. The number of nitrogens with zero attached hydrogens (tertiary/aromatic N) is 2. The quantitative estimate of drug-likeness (QED) is 0.425. The van der Waals surface area contributed by atoms with Crippen LogP contribution in [0.1, 0.15) is 21.5 Å². The number of aromatic carboxylic acids is 1. The van der Waals surface area contributed by atoms with E-state index in [2.05, 4.69) is 9.82 Å². The molecule has 0 saturated heterocycles. The molecule has 0 atom stereocenters. The van der Waals surface area contributed by atoms with Gasteiger partial charge in [-0.05, 0) is 48.9 Å². The van der Waals surface area contributed by atoms with Crippen LogP contribution in [0.5, 0.6) is 0 Å². The summed E-state index contributed by atoms with van der Waals surface area (Å²) in [5.41, 5.74) is 3.58. The zero-order valence-corrected chi connectivity index (χ0v) is 17.9. The Morgan fingerprint density at radius 1 is 1.09 bits per heavy atom. The van der Waals surface area contributed by atoms with Gasteiger partial charge >= 0.3 is 5.97 Å². The molecule has 0 aliphatic rings. The average Bonchev–Trinajstić information content (AvgIpc) is 3.18. The number of benzene rings is 3. The van der Waals surface area contributed by atoms with Crippen molar-refractivity contribution in [3.05, 3.63) is 95.4 Å². The first kappa shape index (κ1) is 23.1. The van der Waals surface area contributed by atoms with Gasteiger partial charge in [0.2, 0.25) is 0 Å². The normalized spacial score (nSPS) is 11.1. The molecule has 32 heavy (non-hydrogen) atoms. The van der Waals surface area contributed by atoms with Crippen molar-refractivity contribution in [2.45, 2.75) is 13.5 Å². The number of hydrogen-bond donors (Lipinski definition) is 3. The molecule has 0 aliphatic heterocycles. The summed E-state index contributed by atoms with van der Waals surface area (Å²) in [6.45, 7) is 2.20. The summed E-state index contributed by atoms with van der Waals surface area (Å²) in [6.07, 6.45) is 1.50. The van der Waals surface area contributed by atoms with Crippen molar-refractivity contribution < 1.29 is 22.7 Å². The molecule has 0 saturated carbocycles. The van der Waals surface area contributed by atoms with Gasteiger partial charge in [0, 0.05) is 11.9 Å². The highest BCUT2D eigenvalue weighted by atomic mass is 32.2. The molecule has 8 nitrogen and oxygen atoms in total. The van der Waals surface area contributed by atoms with Crippen LogP contribution in [0.2, 0.25) is 0 Å². The van der Waals surface area contributed by atoms with Gasteiger partial charge in [-0.2, -0.15) is 18.2 Å². The maximum atomic E-state index is 12.9. The van der Waals surface area contributed by atoms with Crippen LogP contribution in [-0.2, 0) is 16.8 Å². The highest BCUT2D eigenvalue weighted by molar-refractivity contribution is 7.87. The standard InChI is InChI=1S/C14H9FN2O2.C8H12N2O2S/c15-9-4-6-10(7-5-9)17-13-3-1-2-11(14(18)19)12(13)8-16-17;1-7-2-4-8(5-3-7)6-10-13(9,11)12/h1-8H,(H,18,19);2-5,10H,6H2,1H3,(H2,9,11,12). The number of carboxylic acid groups (broad SMARTS) is 1. The van der Waals surface area contributed by atoms with Gasteiger partial charge in [0.25, 0.3) is 10.2 Å². The number of aryl methyl sites for hydroxylation is 1. The number of hydrogen-bond acceptors (Lipinski definition) is 4. The summed E-state index contributed by atoms with van der Waals surface area (Å²) >= 11 is 0. The van der Waals surface area contributed by atoms with Gasteiger partial charge in [-0.3, -0.25) is 0 Å². The average molecular weight is 456 g/mol. The zero-order chi connectivity index (χ0) is 23.3. The van der Waals surface area contributed by atoms with E-state index in [0.29, 0.717) is 16.6 Å². The lowest BCUT2D eigenvalue weighted by atomic mass is 10.1. The number of fused-ring (bicyclic) bond motifs is 1. The van der Waals surface area contributed by atoms with Crippen molar-refractivity contribution in [1.82, 2.24) is 14.5 Å². The highest BCUT2D eigenvalue weighted by Gasteiger charge is 2.12. The van der Waals surface area contributed by atoms with Gasteiger partial charge in [0.15, 0.2) is 0 Å². The Morgan fingerprint density at radius 2 is 1.75 bits per heavy atom. The van der Waals surface area contributed by atoms with Gasteiger partial charge in [-0.15, -0.1) is 0 Å². The summed E-state index contributed by atoms with van der Waals surface area (Å²) in [5.74, 6) is -1.32. The van der Waals surface area contributed by atoms with Crippen molar-refractivity contribution in [3.8, 4) is 5.69 Å². The number of nitrogens with one attached hydrogen (secondary N) is 1. The van der Waals surface area contributed by atoms with Crippen LogP contribution in [0.3, 0.4) is 0 Å². The van der Waals surface area contributed by atoms with E-state index < -0.39 is 16.2 Å². The zero-order valence-electron chi connectivity index (χ0n) is 17.1. The first-order chi connectivity index (χ1) is 15.1. The molecule has 10 heteroatoms. The molecule has 0 amide bonds. The minimum absolute atomic E-state index is 0.200. The maximum Gasteiger partial charge on any atom is 0.336 e. The van der Waals surface area contributed by atoms with Gasteiger partial charge in [-0.25, -0.2) is 19.0 Å². The van der Waals surface area contributed by atoms with E-state index in [4.69, 9.17) is 10.2 Å². The molecule has 0 spiro atoms. The Balaban J connectivity index is 0.000000195. The Bertz CT molecular complexity index is 1330. The molecule has 0 unspecified atom stereocenters. The monoisotopic (exact) mass is 456 g/mol. The predicted molar refractivity (Wildman–Crippen MR) is 119 cm³/mol. The van der Waals surface area contributed by atoms with E-state index in [0.717, 1.165) is 11.1 Å². The Labute approximate surface area is 184 Å². The van der Waals surface area contributed by atoms with E-state index in [1.165, 1.54) is 24.4 Å². The summed E-state index contributed by atoms with van der Waals surface area (Å²) in [7, 11) is -3.58. The Hall–Kier alpha value is -3.60. The van der Waals surface area contributed by atoms with E-state index in [-0.39, 0.29) is 17.9 Å². The highest BCUT2D eigenvalue weighted by Crippen LogP contribution is 2.22. The first-order valence-electron chi connectivity index (χ1n) is 9.43. The molecule has 166 valence electrons. The van der Waals surface area contributed by atoms with E-state index in [9.17, 15) is 17.6 Å². The van der Waals surface area contributed by atoms with Crippen molar-refractivity contribution in [2.75, 3.05) is 0 Å². The lowest BCUT2D eigenvalue weighted by molar-refractivity contribution is 0.0699. The number of aromatic nitrogens is 2. The lowest BCUT2D eigenvalue weighted by Crippen LogP contribution is -2.30. The maximum absolute atomic E-state index is 12.9. The Morgan fingerprint density at radius 3 is 2.34 bits per heavy atom. The van der Waals surface area contributed by atoms with E-state index in [1.54, 1.807) is 28.9 Å². The summed E-state index contributed by atoms with van der Waals surface area (Å²) in [4.78, 5) is 11.1. The van der Waals surface area contributed by atoms with Crippen LogP contribution < -0.4 is 9.86 Å². The fourth-order valence-corrected chi connectivity index (χ4v) is 3.28.